The highest BCUT2D eigenvalue weighted by atomic mass is 19.1. The van der Waals surface area contributed by atoms with Crippen molar-refractivity contribution >= 4 is 0 Å². The lowest BCUT2D eigenvalue weighted by Crippen LogP contribution is -2.38. The molecule has 0 saturated carbocycles. The van der Waals surface area contributed by atoms with Crippen LogP contribution in [0, 0.1) is 5.82 Å². The van der Waals surface area contributed by atoms with Crippen LogP contribution in [0.3, 0.4) is 0 Å². The predicted molar refractivity (Wildman–Crippen MR) is 77.5 cm³/mol. The SMILES string of the molecule is CC(C)n1ccc(CC(Cc2ccccc2F)NN)n1. The molecule has 1 atom stereocenters. The molecule has 0 bridgehead atoms. The van der Waals surface area contributed by atoms with Gasteiger partial charge in [-0.3, -0.25) is 16.0 Å². The number of aromatic nitrogens is 2. The van der Waals surface area contributed by atoms with E-state index in [0.717, 1.165) is 5.69 Å². The molecule has 0 aliphatic rings. The van der Waals surface area contributed by atoms with E-state index in [1.54, 1.807) is 12.1 Å². The van der Waals surface area contributed by atoms with Crippen molar-refractivity contribution in [2.45, 2.75) is 38.8 Å². The molecule has 1 unspecified atom stereocenters. The molecule has 108 valence electrons. The maximum absolute atomic E-state index is 13.6. The molecule has 2 aromatic rings. The van der Waals surface area contributed by atoms with Crippen molar-refractivity contribution in [1.82, 2.24) is 15.2 Å². The Morgan fingerprint density at radius 2 is 2.00 bits per heavy atom. The first-order valence-corrected chi connectivity index (χ1v) is 6.83. The number of rotatable bonds is 6. The Balaban J connectivity index is 2.03. The minimum Gasteiger partial charge on any atom is -0.271 e. The minimum atomic E-state index is -0.194. The van der Waals surface area contributed by atoms with Crippen LogP contribution in [0.25, 0.3) is 0 Å². The highest BCUT2D eigenvalue weighted by Gasteiger charge is 2.13. The van der Waals surface area contributed by atoms with Gasteiger partial charge in [-0.1, -0.05) is 18.2 Å². The zero-order valence-corrected chi connectivity index (χ0v) is 11.9. The van der Waals surface area contributed by atoms with Gasteiger partial charge in [0.15, 0.2) is 0 Å². The van der Waals surface area contributed by atoms with E-state index in [4.69, 9.17) is 5.84 Å². The quantitative estimate of drug-likeness (QED) is 0.628. The van der Waals surface area contributed by atoms with Crippen molar-refractivity contribution < 1.29 is 4.39 Å². The van der Waals surface area contributed by atoms with Crippen LogP contribution < -0.4 is 11.3 Å². The van der Waals surface area contributed by atoms with Crippen molar-refractivity contribution in [2.24, 2.45) is 5.84 Å². The molecule has 0 fully saturated rings. The second kappa shape index (κ2) is 6.63. The first-order valence-electron chi connectivity index (χ1n) is 6.83. The molecule has 0 spiro atoms. The third-order valence-corrected chi connectivity index (χ3v) is 3.31. The first kappa shape index (κ1) is 14.7. The number of nitrogens with zero attached hydrogens (tertiary/aromatic N) is 2. The number of benzene rings is 1. The molecule has 1 aromatic carbocycles. The molecule has 5 heteroatoms. The van der Waals surface area contributed by atoms with Crippen LogP contribution >= 0.6 is 0 Å². The minimum absolute atomic E-state index is 0.0394. The average Bonchev–Trinajstić information content (AvgIpc) is 2.89. The van der Waals surface area contributed by atoms with Crippen LogP contribution in [0.4, 0.5) is 4.39 Å². The van der Waals surface area contributed by atoms with Crippen LogP contribution in [0.1, 0.15) is 31.1 Å². The predicted octanol–water partition coefficient (Wildman–Crippen LogP) is 2.22. The second-order valence-electron chi connectivity index (χ2n) is 5.24. The lowest BCUT2D eigenvalue weighted by molar-refractivity contribution is 0.487. The van der Waals surface area contributed by atoms with Gasteiger partial charge in [0, 0.05) is 24.7 Å². The summed E-state index contributed by atoms with van der Waals surface area (Å²) in [6.07, 6.45) is 3.17. The number of hydrogen-bond acceptors (Lipinski definition) is 3. The van der Waals surface area contributed by atoms with E-state index in [0.29, 0.717) is 24.4 Å². The molecule has 3 N–H and O–H groups in total. The summed E-state index contributed by atoms with van der Waals surface area (Å²) in [5.41, 5.74) is 4.37. The third-order valence-electron chi connectivity index (χ3n) is 3.31. The van der Waals surface area contributed by atoms with Crippen LogP contribution in [0.2, 0.25) is 0 Å². The zero-order chi connectivity index (χ0) is 14.5. The summed E-state index contributed by atoms with van der Waals surface area (Å²) in [6, 6.07) is 9.05. The monoisotopic (exact) mass is 276 g/mol. The van der Waals surface area contributed by atoms with Gasteiger partial charge in [0.1, 0.15) is 5.82 Å². The fraction of sp³-hybridized carbons (Fsp3) is 0.400. The van der Waals surface area contributed by atoms with Crippen LogP contribution in [-0.4, -0.2) is 15.8 Å². The Labute approximate surface area is 118 Å². The largest absolute Gasteiger partial charge is 0.271 e. The molecular weight excluding hydrogens is 255 g/mol. The Morgan fingerprint density at radius 1 is 1.25 bits per heavy atom. The maximum atomic E-state index is 13.6. The highest BCUT2D eigenvalue weighted by Crippen LogP contribution is 2.12. The summed E-state index contributed by atoms with van der Waals surface area (Å²) in [6.45, 7) is 4.16. The van der Waals surface area contributed by atoms with Crippen molar-refractivity contribution in [3.63, 3.8) is 0 Å². The fourth-order valence-electron chi connectivity index (χ4n) is 2.15. The molecule has 0 aliphatic heterocycles. The number of nitrogens with one attached hydrogen (secondary N) is 1. The zero-order valence-electron chi connectivity index (χ0n) is 11.9. The van der Waals surface area contributed by atoms with Crippen molar-refractivity contribution in [3.8, 4) is 0 Å². The smallest absolute Gasteiger partial charge is 0.126 e. The third kappa shape index (κ3) is 3.65. The van der Waals surface area contributed by atoms with Gasteiger partial charge in [0.05, 0.1) is 5.69 Å². The molecule has 2 rings (SSSR count). The Kier molecular flexibility index (Phi) is 4.87. The molecule has 20 heavy (non-hydrogen) atoms. The number of nitrogens with two attached hydrogens (primary N) is 1. The van der Waals surface area contributed by atoms with Gasteiger partial charge < -0.3 is 0 Å². The Bertz CT molecular complexity index is 550. The van der Waals surface area contributed by atoms with Gasteiger partial charge in [0.25, 0.3) is 0 Å². The van der Waals surface area contributed by atoms with E-state index in [1.807, 2.05) is 23.0 Å². The van der Waals surface area contributed by atoms with Crippen LogP contribution in [0.15, 0.2) is 36.5 Å². The number of hydrazine groups is 1. The summed E-state index contributed by atoms with van der Waals surface area (Å²) >= 11 is 0. The molecule has 1 heterocycles. The summed E-state index contributed by atoms with van der Waals surface area (Å²) < 4.78 is 15.6. The summed E-state index contributed by atoms with van der Waals surface area (Å²) in [7, 11) is 0. The van der Waals surface area contributed by atoms with Gasteiger partial charge in [-0.25, -0.2) is 4.39 Å². The van der Waals surface area contributed by atoms with E-state index >= 15 is 0 Å². The van der Waals surface area contributed by atoms with Gasteiger partial charge in [-0.15, -0.1) is 0 Å². The maximum Gasteiger partial charge on any atom is 0.126 e. The van der Waals surface area contributed by atoms with Crippen molar-refractivity contribution in [3.05, 3.63) is 53.6 Å². The number of halogens is 1. The Hall–Kier alpha value is -1.72. The highest BCUT2D eigenvalue weighted by molar-refractivity contribution is 5.19. The van der Waals surface area contributed by atoms with Gasteiger partial charge in [0.2, 0.25) is 0 Å². The van der Waals surface area contributed by atoms with Crippen molar-refractivity contribution in [1.29, 1.82) is 0 Å². The first-order chi connectivity index (χ1) is 9.60. The normalized spacial score (nSPS) is 12.8. The van der Waals surface area contributed by atoms with Gasteiger partial charge >= 0.3 is 0 Å². The van der Waals surface area contributed by atoms with Crippen LogP contribution in [-0.2, 0) is 12.8 Å². The molecule has 1 aromatic heterocycles. The topological polar surface area (TPSA) is 55.9 Å². The summed E-state index contributed by atoms with van der Waals surface area (Å²) in [4.78, 5) is 0. The van der Waals surface area contributed by atoms with Crippen LogP contribution in [0.5, 0.6) is 0 Å². The van der Waals surface area contributed by atoms with Gasteiger partial charge in [-0.2, -0.15) is 5.10 Å². The average molecular weight is 276 g/mol. The van der Waals surface area contributed by atoms with E-state index in [2.05, 4.69) is 24.4 Å². The summed E-state index contributed by atoms with van der Waals surface area (Å²) in [5, 5.41) is 4.49. The Morgan fingerprint density at radius 3 is 2.60 bits per heavy atom. The lowest BCUT2D eigenvalue weighted by atomic mass is 10.0. The van der Waals surface area contributed by atoms with Gasteiger partial charge in [-0.05, 0) is 38.0 Å². The van der Waals surface area contributed by atoms with E-state index in [9.17, 15) is 4.39 Å². The standard InChI is InChI=1S/C15H21FN4/c1-11(2)20-8-7-13(19-20)10-14(18-17)9-12-5-3-4-6-15(12)16/h3-8,11,14,18H,9-10,17H2,1-2H3. The molecular formula is C15H21FN4. The molecule has 0 radical (unpaired) electrons. The number of hydrogen-bond donors (Lipinski definition) is 2. The molecule has 0 saturated heterocycles. The molecule has 0 aliphatic carbocycles. The fourth-order valence-corrected chi connectivity index (χ4v) is 2.15. The second-order valence-corrected chi connectivity index (χ2v) is 5.24. The molecule has 0 amide bonds. The van der Waals surface area contributed by atoms with E-state index in [-0.39, 0.29) is 11.9 Å². The lowest BCUT2D eigenvalue weighted by Gasteiger charge is -2.15. The van der Waals surface area contributed by atoms with Crippen molar-refractivity contribution in [2.75, 3.05) is 0 Å². The van der Waals surface area contributed by atoms with E-state index in [1.165, 1.54) is 6.07 Å². The molecule has 4 nitrogen and oxygen atoms in total. The summed E-state index contributed by atoms with van der Waals surface area (Å²) in [5.74, 6) is 5.38. The van der Waals surface area contributed by atoms with E-state index < -0.39 is 0 Å².